The molecule has 1 heterocycles. The third kappa shape index (κ3) is 4.02. The maximum Gasteiger partial charge on any atom is 0.234 e. The molecule has 1 aliphatic heterocycles. The van der Waals surface area contributed by atoms with E-state index in [1.54, 1.807) is 11.8 Å². The maximum absolute atomic E-state index is 12.3. The van der Waals surface area contributed by atoms with Crippen LogP contribution in [0.2, 0.25) is 0 Å². The maximum atomic E-state index is 12.3. The van der Waals surface area contributed by atoms with Gasteiger partial charge in [0.15, 0.2) is 0 Å². The van der Waals surface area contributed by atoms with Crippen LogP contribution in [0.4, 0.5) is 11.4 Å². The number of rotatable bonds is 3. The van der Waals surface area contributed by atoms with E-state index in [9.17, 15) is 4.79 Å². The Morgan fingerprint density at radius 2 is 1.92 bits per heavy atom. The van der Waals surface area contributed by atoms with Gasteiger partial charge in [-0.05, 0) is 43.5 Å². The molecule has 0 aliphatic carbocycles. The number of nitrogens with zero attached hydrogens (tertiary/aromatic N) is 1. The van der Waals surface area contributed by atoms with Crippen molar-refractivity contribution in [3.63, 3.8) is 0 Å². The lowest BCUT2D eigenvalue weighted by molar-refractivity contribution is -0.113. The molecule has 1 aliphatic rings. The number of fused-ring (bicyclic) bond motifs is 1. The fourth-order valence-corrected chi connectivity index (χ4v) is 4.63. The Bertz CT molecular complexity index is 792. The normalized spacial score (nSPS) is 13.2. The first-order valence-corrected chi connectivity index (χ1v) is 9.80. The second-order valence-electron chi connectivity index (χ2n) is 5.91. The highest BCUT2D eigenvalue weighted by Crippen LogP contribution is 2.34. The van der Waals surface area contributed by atoms with Crippen molar-refractivity contribution in [1.82, 2.24) is 0 Å². The van der Waals surface area contributed by atoms with Gasteiger partial charge < -0.3 is 5.32 Å². The highest BCUT2D eigenvalue weighted by atomic mass is 32.2. The summed E-state index contributed by atoms with van der Waals surface area (Å²) in [5, 5.41) is 3.04. The van der Waals surface area contributed by atoms with Crippen LogP contribution < -0.4 is 5.32 Å². The van der Waals surface area contributed by atoms with Crippen LogP contribution in [0, 0.1) is 20.8 Å². The topological polar surface area (TPSA) is 41.5 Å². The summed E-state index contributed by atoms with van der Waals surface area (Å²) in [5.74, 6) is 1.30. The highest BCUT2D eigenvalue weighted by Gasteiger charge is 2.15. The van der Waals surface area contributed by atoms with Crippen LogP contribution in [0.5, 0.6) is 0 Å². The number of carbonyl (C=O) groups excluding carboxylic acids is 1. The van der Waals surface area contributed by atoms with Gasteiger partial charge in [-0.3, -0.25) is 4.79 Å². The third-order valence-electron chi connectivity index (χ3n) is 3.82. The molecule has 1 amide bonds. The van der Waals surface area contributed by atoms with Crippen molar-refractivity contribution in [1.29, 1.82) is 0 Å². The molecule has 1 N–H and O–H groups in total. The zero-order valence-corrected chi connectivity index (χ0v) is 15.7. The minimum absolute atomic E-state index is 0.0113. The predicted molar refractivity (Wildman–Crippen MR) is 107 cm³/mol. The molecule has 0 aromatic heterocycles. The Kier molecular flexibility index (Phi) is 5.31. The molecule has 0 spiro atoms. The average molecular weight is 357 g/mol. The Balaban J connectivity index is 1.62. The van der Waals surface area contributed by atoms with Crippen molar-refractivity contribution in [3.05, 3.63) is 58.7 Å². The molecule has 2 aromatic carbocycles. The Morgan fingerprint density at radius 1 is 1.21 bits per heavy atom. The van der Waals surface area contributed by atoms with Crippen LogP contribution in [0.3, 0.4) is 0 Å². The second-order valence-corrected chi connectivity index (χ2v) is 8.09. The van der Waals surface area contributed by atoms with Gasteiger partial charge >= 0.3 is 0 Å². The number of hydrogen-bond donors (Lipinski definition) is 1. The highest BCUT2D eigenvalue weighted by molar-refractivity contribution is 8.38. The van der Waals surface area contributed by atoms with Gasteiger partial charge in [0, 0.05) is 11.4 Å². The van der Waals surface area contributed by atoms with Gasteiger partial charge in [-0.15, -0.1) is 0 Å². The SMILES string of the molecule is Cc1cc(C)c(NC(=O)CSC2=Nc3ccccc3CS2)c(C)c1. The van der Waals surface area contributed by atoms with E-state index in [2.05, 4.69) is 35.4 Å². The smallest absolute Gasteiger partial charge is 0.234 e. The van der Waals surface area contributed by atoms with E-state index >= 15 is 0 Å². The third-order valence-corrected chi connectivity index (χ3v) is 6.07. The fourth-order valence-electron chi connectivity index (χ4n) is 2.77. The van der Waals surface area contributed by atoms with Gasteiger partial charge in [-0.2, -0.15) is 0 Å². The van der Waals surface area contributed by atoms with Gasteiger partial charge in [0.2, 0.25) is 5.91 Å². The molecule has 3 nitrogen and oxygen atoms in total. The molecule has 0 radical (unpaired) electrons. The minimum Gasteiger partial charge on any atom is -0.325 e. The van der Waals surface area contributed by atoms with E-state index in [1.165, 1.54) is 22.9 Å². The van der Waals surface area contributed by atoms with Crippen LogP contribution in [0.25, 0.3) is 0 Å². The second kappa shape index (κ2) is 7.45. The zero-order chi connectivity index (χ0) is 17.1. The average Bonchev–Trinajstić information content (AvgIpc) is 2.56. The molecule has 2 aromatic rings. The minimum atomic E-state index is 0.0113. The first-order chi connectivity index (χ1) is 11.5. The number of thioether (sulfide) groups is 2. The van der Waals surface area contributed by atoms with Crippen LogP contribution in [-0.2, 0) is 10.5 Å². The lowest BCUT2D eigenvalue weighted by atomic mass is 10.1. The molecule has 0 saturated carbocycles. The number of carbonyl (C=O) groups is 1. The Labute approximate surface area is 151 Å². The van der Waals surface area contributed by atoms with Crippen LogP contribution in [-0.4, -0.2) is 16.0 Å². The van der Waals surface area contributed by atoms with Crippen molar-refractivity contribution >= 4 is 45.2 Å². The number of para-hydroxylation sites is 1. The summed E-state index contributed by atoms with van der Waals surface area (Å²) in [7, 11) is 0. The molecule has 0 atom stereocenters. The van der Waals surface area contributed by atoms with E-state index in [-0.39, 0.29) is 5.91 Å². The Morgan fingerprint density at radius 3 is 2.67 bits per heavy atom. The molecule has 0 bridgehead atoms. The first-order valence-electron chi connectivity index (χ1n) is 7.83. The summed E-state index contributed by atoms with van der Waals surface area (Å²) in [5.41, 5.74) is 6.61. The summed E-state index contributed by atoms with van der Waals surface area (Å²) < 4.78 is 0.959. The molecule has 24 heavy (non-hydrogen) atoms. The number of amides is 1. The number of aliphatic imine (C=N–C) groups is 1. The monoisotopic (exact) mass is 356 g/mol. The van der Waals surface area contributed by atoms with Crippen LogP contribution in [0.1, 0.15) is 22.3 Å². The number of anilines is 1. The van der Waals surface area contributed by atoms with Crippen molar-refractivity contribution in [2.45, 2.75) is 26.5 Å². The Hall–Kier alpha value is -1.72. The fraction of sp³-hybridized carbons (Fsp3) is 0.263. The molecule has 0 unspecified atom stereocenters. The van der Waals surface area contributed by atoms with Gasteiger partial charge in [0.25, 0.3) is 0 Å². The molecule has 0 saturated heterocycles. The number of hydrogen-bond acceptors (Lipinski definition) is 4. The van der Waals surface area contributed by atoms with Crippen molar-refractivity contribution in [2.24, 2.45) is 4.99 Å². The van der Waals surface area contributed by atoms with Crippen LogP contribution in [0.15, 0.2) is 41.4 Å². The van der Waals surface area contributed by atoms with Gasteiger partial charge in [0.05, 0.1) is 11.4 Å². The summed E-state index contributed by atoms with van der Waals surface area (Å²) in [6, 6.07) is 12.3. The standard InChI is InChI=1S/C19H20N2OS2/c1-12-8-13(2)18(14(3)9-12)21-17(22)11-24-19-20-16-7-5-4-6-15(16)10-23-19/h4-9H,10-11H2,1-3H3,(H,21,22). The number of aryl methyl sites for hydroxylation is 3. The molecular weight excluding hydrogens is 336 g/mol. The van der Waals surface area contributed by atoms with E-state index < -0.39 is 0 Å². The molecule has 5 heteroatoms. The van der Waals surface area contributed by atoms with Gasteiger partial charge in [-0.1, -0.05) is 59.4 Å². The van der Waals surface area contributed by atoms with E-state index in [0.29, 0.717) is 5.75 Å². The molecule has 0 fully saturated rings. The summed E-state index contributed by atoms with van der Waals surface area (Å²) in [4.78, 5) is 16.9. The van der Waals surface area contributed by atoms with E-state index in [1.807, 2.05) is 32.0 Å². The van der Waals surface area contributed by atoms with Crippen molar-refractivity contribution < 1.29 is 4.79 Å². The summed E-state index contributed by atoms with van der Waals surface area (Å²) >= 11 is 3.20. The number of benzene rings is 2. The van der Waals surface area contributed by atoms with Gasteiger partial charge in [-0.25, -0.2) is 4.99 Å². The summed E-state index contributed by atoms with van der Waals surface area (Å²) in [6.45, 7) is 6.12. The van der Waals surface area contributed by atoms with Crippen molar-refractivity contribution in [2.75, 3.05) is 11.1 Å². The van der Waals surface area contributed by atoms with E-state index in [0.717, 1.165) is 32.6 Å². The zero-order valence-electron chi connectivity index (χ0n) is 14.1. The quantitative estimate of drug-likeness (QED) is 0.820. The lowest BCUT2D eigenvalue weighted by Crippen LogP contribution is -2.17. The molecule has 3 rings (SSSR count). The lowest BCUT2D eigenvalue weighted by Gasteiger charge is -2.15. The first kappa shape index (κ1) is 17.1. The predicted octanol–water partition coefficient (Wildman–Crippen LogP) is 5.22. The van der Waals surface area contributed by atoms with Crippen molar-refractivity contribution in [3.8, 4) is 0 Å². The largest absolute Gasteiger partial charge is 0.325 e. The summed E-state index contributed by atoms with van der Waals surface area (Å²) in [6.07, 6.45) is 0. The molecular formula is C19H20N2OS2. The van der Waals surface area contributed by atoms with Gasteiger partial charge in [0.1, 0.15) is 4.38 Å². The molecule has 124 valence electrons. The number of nitrogens with one attached hydrogen (secondary N) is 1. The van der Waals surface area contributed by atoms with Crippen LogP contribution >= 0.6 is 23.5 Å². The van der Waals surface area contributed by atoms with E-state index in [4.69, 9.17) is 0 Å².